The fourth-order valence-corrected chi connectivity index (χ4v) is 3.58. The minimum absolute atomic E-state index is 0.162. The molecule has 1 amide bonds. The van der Waals surface area contributed by atoms with Crippen molar-refractivity contribution in [1.29, 1.82) is 0 Å². The largest absolute Gasteiger partial charge is 0.395 e. The molecule has 0 radical (unpaired) electrons. The third-order valence-corrected chi connectivity index (χ3v) is 5.07. The van der Waals surface area contributed by atoms with E-state index >= 15 is 0 Å². The summed E-state index contributed by atoms with van der Waals surface area (Å²) >= 11 is 1.44. The summed E-state index contributed by atoms with van der Waals surface area (Å²) in [6.07, 6.45) is 5.71. The number of nitrogens with zero attached hydrogens (tertiary/aromatic N) is 3. The number of amidine groups is 1. The highest BCUT2D eigenvalue weighted by molar-refractivity contribution is 8.18. The number of aliphatic hydroxyl groups is 1. The molecule has 0 atom stereocenters. The lowest BCUT2D eigenvalue weighted by Gasteiger charge is -2.34. The molecule has 3 rings (SSSR count). The van der Waals surface area contributed by atoms with Gasteiger partial charge in [-0.3, -0.25) is 9.69 Å². The Labute approximate surface area is 146 Å². The van der Waals surface area contributed by atoms with Gasteiger partial charge in [0.2, 0.25) is 0 Å². The lowest BCUT2D eigenvalue weighted by Crippen LogP contribution is -2.48. The summed E-state index contributed by atoms with van der Waals surface area (Å²) in [6.45, 7) is 4.36. The first kappa shape index (κ1) is 17.0. The number of aliphatic hydroxyl groups excluding tert-OH is 1. The van der Waals surface area contributed by atoms with E-state index < -0.39 is 0 Å². The van der Waals surface area contributed by atoms with Crippen LogP contribution >= 0.6 is 11.8 Å². The Balaban J connectivity index is 1.56. The molecule has 0 saturated carbocycles. The molecule has 0 spiro atoms. The molecule has 1 aromatic rings. The van der Waals surface area contributed by atoms with Crippen molar-refractivity contribution in [2.24, 2.45) is 4.99 Å². The van der Waals surface area contributed by atoms with E-state index in [9.17, 15) is 4.79 Å². The van der Waals surface area contributed by atoms with E-state index in [0.29, 0.717) is 11.4 Å². The second kappa shape index (κ2) is 8.28. The fourth-order valence-electron chi connectivity index (χ4n) is 2.66. The Morgan fingerprint density at radius 1 is 1.17 bits per heavy atom. The van der Waals surface area contributed by atoms with Crippen LogP contribution in [0.25, 0.3) is 6.08 Å². The standard InChI is InChI=1S/C18H21N3O2S/c22-14-13-20-9-11-21(12-10-20)18-19-17(23)16(24-18)8-4-7-15-5-2-1-3-6-15/h1-8,22H,9-14H2/b7-4+,16-8+. The summed E-state index contributed by atoms with van der Waals surface area (Å²) in [7, 11) is 0. The van der Waals surface area contributed by atoms with Crippen molar-refractivity contribution in [3.05, 3.63) is 53.0 Å². The van der Waals surface area contributed by atoms with Gasteiger partial charge in [-0.05, 0) is 23.4 Å². The number of thioether (sulfide) groups is 1. The number of benzene rings is 1. The molecule has 1 N–H and O–H groups in total. The minimum Gasteiger partial charge on any atom is -0.395 e. The lowest BCUT2D eigenvalue weighted by atomic mass is 10.2. The van der Waals surface area contributed by atoms with Gasteiger partial charge in [0, 0.05) is 32.7 Å². The van der Waals surface area contributed by atoms with E-state index in [4.69, 9.17) is 5.11 Å². The summed E-state index contributed by atoms with van der Waals surface area (Å²) in [5.74, 6) is -0.162. The number of rotatable bonds is 4. The molecular weight excluding hydrogens is 322 g/mol. The molecule has 1 fully saturated rings. The van der Waals surface area contributed by atoms with E-state index in [2.05, 4.69) is 14.8 Å². The molecule has 0 unspecified atom stereocenters. The summed E-state index contributed by atoms with van der Waals surface area (Å²) in [5.41, 5.74) is 1.10. The number of hydrogen-bond acceptors (Lipinski definition) is 5. The average molecular weight is 343 g/mol. The number of carbonyl (C=O) groups is 1. The van der Waals surface area contributed by atoms with Crippen molar-refractivity contribution in [3.63, 3.8) is 0 Å². The van der Waals surface area contributed by atoms with Gasteiger partial charge in [0.15, 0.2) is 5.17 Å². The van der Waals surface area contributed by atoms with Gasteiger partial charge in [0.05, 0.1) is 11.5 Å². The molecule has 6 heteroatoms. The van der Waals surface area contributed by atoms with Crippen LogP contribution in [0, 0.1) is 0 Å². The second-order valence-electron chi connectivity index (χ2n) is 5.65. The van der Waals surface area contributed by atoms with Gasteiger partial charge >= 0.3 is 0 Å². The van der Waals surface area contributed by atoms with Crippen LogP contribution in [0.4, 0.5) is 0 Å². The van der Waals surface area contributed by atoms with E-state index in [1.54, 1.807) is 0 Å². The molecule has 2 heterocycles. The van der Waals surface area contributed by atoms with Crippen LogP contribution in [0.5, 0.6) is 0 Å². The summed E-state index contributed by atoms with van der Waals surface area (Å²) in [6, 6.07) is 9.99. The molecular formula is C18H21N3O2S. The molecule has 1 aromatic carbocycles. The Hall–Kier alpha value is -1.89. The van der Waals surface area contributed by atoms with E-state index in [1.807, 2.05) is 48.6 Å². The van der Waals surface area contributed by atoms with Crippen LogP contribution in [0.3, 0.4) is 0 Å². The maximum atomic E-state index is 12.1. The maximum absolute atomic E-state index is 12.1. The Morgan fingerprint density at radius 3 is 2.62 bits per heavy atom. The summed E-state index contributed by atoms with van der Waals surface area (Å²) in [4.78, 5) is 21.3. The zero-order valence-electron chi connectivity index (χ0n) is 13.5. The van der Waals surface area contributed by atoms with Gasteiger partial charge in [-0.25, -0.2) is 0 Å². The predicted molar refractivity (Wildman–Crippen MR) is 98.7 cm³/mol. The van der Waals surface area contributed by atoms with Crippen LogP contribution in [-0.4, -0.2) is 65.3 Å². The topological polar surface area (TPSA) is 56.1 Å². The van der Waals surface area contributed by atoms with Crippen molar-refractivity contribution in [3.8, 4) is 0 Å². The van der Waals surface area contributed by atoms with Crippen LogP contribution < -0.4 is 0 Å². The molecule has 0 aliphatic carbocycles. The first-order valence-corrected chi connectivity index (χ1v) is 8.90. The number of carbonyl (C=O) groups excluding carboxylic acids is 1. The second-order valence-corrected chi connectivity index (χ2v) is 6.66. The monoisotopic (exact) mass is 343 g/mol. The van der Waals surface area contributed by atoms with Crippen molar-refractivity contribution in [1.82, 2.24) is 9.80 Å². The number of allylic oxidation sites excluding steroid dienone is 2. The Bertz CT molecular complexity index is 662. The van der Waals surface area contributed by atoms with Crippen molar-refractivity contribution < 1.29 is 9.90 Å². The Kier molecular flexibility index (Phi) is 5.85. The average Bonchev–Trinajstić information content (AvgIpc) is 2.98. The number of amides is 1. The minimum atomic E-state index is -0.162. The van der Waals surface area contributed by atoms with E-state index in [-0.39, 0.29) is 12.5 Å². The van der Waals surface area contributed by atoms with Crippen molar-refractivity contribution >= 4 is 28.9 Å². The van der Waals surface area contributed by atoms with Crippen LogP contribution in [0.15, 0.2) is 52.4 Å². The van der Waals surface area contributed by atoms with Crippen molar-refractivity contribution in [2.45, 2.75) is 0 Å². The highest BCUT2D eigenvalue weighted by Crippen LogP contribution is 2.29. The molecule has 5 nitrogen and oxygen atoms in total. The van der Waals surface area contributed by atoms with Crippen LogP contribution in [0.2, 0.25) is 0 Å². The molecule has 2 aliphatic heterocycles. The van der Waals surface area contributed by atoms with Gasteiger partial charge in [-0.1, -0.05) is 42.5 Å². The molecule has 1 saturated heterocycles. The maximum Gasteiger partial charge on any atom is 0.286 e. The zero-order valence-corrected chi connectivity index (χ0v) is 14.3. The van der Waals surface area contributed by atoms with E-state index in [1.165, 1.54) is 11.8 Å². The van der Waals surface area contributed by atoms with Crippen LogP contribution in [-0.2, 0) is 4.79 Å². The summed E-state index contributed by atoms with van der Waals surface area (Å²) in [5, 5.41) is 9.78. The number of piperazine rings is 1. The highest BCUT2D eigenvalue weighted by Gasteiger charge is 2.27. The number of β-amino-alcohol motifs (C(OH)–C–C–N with tert-alkyl or cyclic N) is 1. The third kappa shape index (κ3) is 4.35. The lowest BCUT2D eigenvalue weighted by molar-refractivity contribution is -0.113. The van der Waals surface area contributed by atoms with Crippen molar-refractivity contribution in [2.75, 3.05) is 39.3 Å². The molecule has 0 bridgehead atoms. The smallest absolute Gasteiger partial charge is 0.286 e. The van der Waals surface area contributed by atoms with Gasteiger partial charge in [-0.15, -0.1) is 0 Å². The predicted octanol–water partition coefficient (Wildman–Crippen LogP) is 1.82. The first-order valence-electron chi connectivity index (χ1n) is 8.09. The molecule has 24 heavy (non-hydrogen) atoms. The number of aliphatic imine (C=N–C) groups is 1. The fraction of sp³-hybridized carbons (Fsp3) is 0.333. The normalized spacial score (nSPS) is 21.0. The SMILES string of the molecule is O=C1N=C(N2CCN(CCO)CC2)S/C1=C/C=C/c1ccccc1. The Morgan fingerprint density at radius 2 is 1.92 bits per heavy atom. The van der Waals surface area contributed by atoms with Gasteiger partial charge < -0.3 is 10.0 Å². The molecule has 0 aromatic heterocycles. The summed E-state index contributed by atoms with van der Waals surface area (Å²) < 4.78 is 0. The van der Waals surface area contributed by atoms with Gasteiger partial charge in [0.25, 0.3) is 5.91 Å². The third-order valence-electron chi connectivity index (χ3n) is 4.00. The quantitative estimate of drug-likeness (QED) is 0.845. The van der Waals surface area contributed by atoms with Gasteiger partial charge in [-0.2, -0.15) is 4.99 Å². The van der Waals surface area contributed by atoms with E-state index in [0.717, 1.165) is 36.9 Å². The molecule has 126 valence electrons. The van der Waals surface area contributed by atoms with Crippen LogP contribution in [0.1, 0.15) is 5.56 Å². The van der Waals surface area contributed by atoms with Gasteiger partial charge in [0.1, 0.15) is 0 Å². The number of hydrogen-bond donors (Lipinski definition) is 1. The molecule has 2 aliphatic rings. The zero-order chi connectivity index (χ0) is 16.8. The highest BCUT2D eigenvalue weighted by atomic mass is 32.2. The first-order chi connectivity index (χ1) is 11.8.